The lowest BCUT2D eigenvalue weighted by Gasteiger charge is -2.28. The fraction of sp³-hybridized carbons (Fsp3) is 0.294. The van der Waals surface area contributed by atoms with Crippen molar-refractivity contribution in [2.75, 3.05) is 31.7 Å². The van der Waals surface area contributed by atoms with Crippen molar-refractivity contribution in [3.05, 3.63) is 110 Å². The molecule has 2 aliphatic heterocycles. The number of nitrogens with zero attached hydrogens (tertiary/aromatic N) is 4. The second kappa shape index (κ2) is 10.6. The van der Waals surface area contributed by atoms with E-state index in [0.717, 1.165) is 78.0 Å². The monoisotopic (exact) mass is 599 g/mol. The highest BCUT2D eigenvalue weighted by Crippen LogP contribution is 2.37. The number of benzene rings is 2. The molecule has 0 spiro atoms. The minimum Gasteiger partial charge on any atom is -0.354 e. The highest BCUT2D eigenvalue weighted by atomic mass is 32.1. The van der Waals surface area contributed by atoms with E-state index < -0.39 is 5.92 Å². The molecule has 2 aromatic heterocycles. The number of aromatic nitrogens is 2. The zero-order chi connectivity index (χ0) is 29.9. The van der Waals surface area contributed by atoms with E-state index >= 15 is 0 Å². The molecule has 1 saturated heterocycles. The highest BCUT2D eigenvalue weighted by molar-refractivity contribution is 7.11. The van der Waals surface area contributed by atoms with Crippen LogP contribution >= 0.6 is 11.3 Å². The van der Waals surface area contributed by atoms with E-state index in [2.05, 4.69) is 53.2 Å². The van der Waals surface area contributed by atoms with E-state index in [1.54, 1.807) is 6.07 Å². The van der Waals surface area contributed by atoms with Gasteiger partial charge in [-0.05, 0) is 66.4 Å². The molecule has 0 bridgehead atoms. The first-order valence-corrected chi connectivity index (χ1v) is 15.3. The lowest BCUT2D eigenvalue weighted by atomic mass is 9.92. The molecule has 0 radical (unpaired) electrons. The van der Waals surface area contributed by atoms with Crippen LogP contribution in [-0.2, 0) is 13.0 Å². The number of imidazole rings is 1. The normalized spacial score (nSPS) is 17.9. The number of allylic oxidation sites excluding steroid dienone is 3. The predicted molar refractivity (Wildman–Crippen MR) is 168 cm³/mol. The minimum absolute atomic E-state index is 0.0840. The fourth-order valence-corrected chi connectivity index (χ4v) is 7.22. The van der Waals surface area contributed by atoms with Crippen LogP contribution in [0, 0.1) is 19.0 Å². The van der Waals surface area contributed by atoms with Crippen LogP contribution in [0.1, 0.15) is 50.8 Å². The number of fused-ring (bicyclic) bond motifs is 2. The van der Waals surface area contributed by atoms with Gasteiger partial charge in [-0.1, -0.05) is 35.9 Å². The Morgan fingerprint density at radius 2 is 1.91 bits per heavy atom. The number of nitrogens with one attached hydrogen (secondary N) is 1. The predicted octanol–water partition coefficient (Wildman–Crippen LogP) is 7.52. The third kappa shape index (κ3) is 5.36. The Morgan fingerprint density at radius 1 is 1.07 bits per heavy atom. The number of alkyl halides is 2. The molecule has 43 heavy (non-hydrogen) atoms. The van der Waals surface area contributed by atoms with Gasteiger partial charge in [0.25, 0.3) is 5.92 Å². The average molecular weight is 600 g/mol. The van der Waals surface area contributed by atoms with Gasteiger partial charge >= 0.3 is 0 Å². The zero-order valence-corrected chi connectivity index (χ0v) is 25.2. The summed E-state index contributed by atoms with van der Waals surface area (Å²) in [5.74, 6) is -1.92. The van der Waals surface area contributed by atoms with Crippen molar-refractivity contribution in [3.8, 4) is 11.1 Å². The van der Waals surface area contributed by atoms with Crippen molar-refractivity contribution in [2.45, 2.75) is 39.2 Å². The van der Waals surface area contributed by atoms with E-state index in [0.29, 0.717) is 32.0 Å². The molecule has 4 aromatic rings. The first-order valence-electron chi connectivity index (χ1n) is 14.5. The molecule has 9 heteroatoms. The second-order valence-electron chi connectivity index (χ2n) is 11.8. The van der Waals surface area contributed by atoms with Crippen LogP contribution in [0.3, 0.4) is 0 Å². The molecule has 7 rings (SSSR count). The van der Waals surface area contributed by atoms with Crippen molar-refractivity contribution >= 4 is 28.3 Å². The number of anilines is 1. The van der Waals surface area contributed by atoms with Gasteiger partial charge < -0.3 is 9.88 Å². The van der Waals surface area contributed by atoms with E-state index in [9.17, 15) is 13.2 Å². The summed E-state index contributed by atoms with van der Waals surface area (Å²) in [4.78, 5) is 18.4. The van der Waals surface area contributed by atoms with Crippen LogP contribution < -0.4 is 4.90 Å². The third-order valence-corrected chi connectivity index (χ3v) is 9.23. The zero-order valence-electron chi connectivity index (χ0n) is 24.3. The molecule has 0 saturated carbocycles. The minimum atomic E-state index is -2.61. The number of aliphatic imine (C=N–C) groups is 1. The molecule has 3 aliphatic rings. The molecule has 2 aromatic carbocycles. The third-order valence-electron chi connectivity index (χ3n) is 8.32. The molecule has 0 unspecified atom stereocenters. The van der Waals surface area contributed by atoms with E-state index in [1.807, 2.05) is 31.0 Å². The first-order chi connectivity index (χ1) is 20.6. The Kier molecular flexibility index (Phi) is 6.90. The van der Waals surface area contributed by atoms with Gasteiger partial charge in [-0.15, -0.1) is 11.3 Å². The van der Waals surface area contributed by atoms with Crippen molar-refractivity contribution in [1.29, 1.82) is 0 Å². The van der Waals surface area contributed by atoms with Gasteiger partial charge in [0.15, 0.2) is 11.0 Å². The molecule has 1 N–H and O–H groups in total. The quantitative estimate of drug-likeness (QED) is 0.258. The molecule has 0 amide bonds. The van der Waals surface area contributed by atoms with Crippen LogP contribution in [0.25, 0.3) is 16.7 Å². The molecule has 0 atom stereocenters. The van der Waals surface area contributed by atoms with Gasteiger partial charge in [-0.3, -0.25) is 9.89 Å². The number of likely N-dealkylation sites (tertiary alicyclic amines) is 1. The summed E-state index contributed by atoms with van der Waals surface area (Å²) in [5.41, 5.74) is 10.9. The Bertz CT molecular complexity index is 1830. The van der Waals surface area contributed by atoms with E-state index in [1.165, 1.54) is 6.07 Å². The number of thiophene rings is 1. The number of hydrogen-bond acceptors (Lipinski definition) is 5. The van der Waals surface area contributed by atoms with Gasteiger partial charge in [0.05, 0.1) is 17.9 Å². The van der Waals surface area contributed by atoms with Gasteiger partial charge in [0, 0.05) is 54.7 Å². The highest BCUT2D eigenvalue weighted by Gasteiger charge is 2.38. The van der Waals surface area contributed by atoms with Gasteiger partial charge in [0.2, 0.25) is 0 Å². The lowest BCUT2D eigenvalue weighted by Crippen LogP contribution is -2.27. The summed E-state index contributed by atoms with van der Waals surface area (Å²) in [6.45, 7) is 5.37. The summed E-state index contributed by atoms with van der Waals surface area (Å²) in [7, 11) is 2.04. The van der Waals surface area contributed by atoms with Crippen LogP contribution in [0.5, 0.6) is 0 Å². The van der Waals surface area contributed by atoms with Gasteiger partial charge in [-0.2, -0.15) is 4.39 Å². The molecule has 5 nitrogen and oxygen atoms in total. The summed E-state index contributed by atoms with van der Waals surface area (Å²) in [6.07, 6.45) is 6.66. The van der Waals surface area contributed by atoms with Crippen molar-refractivity contribution < 1.29 is 13.2 Å². The number of H-pyrrole nitrogens is 1. The number of rotatable bonds is 5. The Morgan fingerprint density at radius 3 is 2.67 bits per heavy atom. The molecule has 1 aliphatic carbocycles. The van der Waals surface area contributed by atoms with E-state index in [4.69, 9.17) is 9.98 Å². The first kappa shape index (κ1) is 27.9. The smallest absolute Gasteiger partial charge is 0.261 e. The largest absolute Gasteiger partial charge is 0.354 e. The topological polar surface area (TPSA) is 47.5 Å². The molecule has 4 heterocycles. The molecular formula is C34H32F3N5S. The summed E-state index contributed by atoms with van der Waals surface area (Å²) < 4.78 is 41.6. The summed E-state index contributed by atoms with van der Waals surface area (Å²) in [6, 6.07) is 14.0. The number of aromatic amines is 1. The van der Waals surface area contributed by atoms with Crippen molar-refractivity contribution in [1.82, 2.24) is 14.9 Å². The van der Waals surface area contributed by atoms with Crippen LogP contribution in [-0.4, -0.2) is 53.3 Å². The summed E-state index contributed by atoms with van der Waals surface area (Å²) >= 11 is 1.11. The standard InChI is InChI=1S/C34H32F3N5S/c1-20-12-22(17-42-11-10-34(36,37)18-42)15-23(13-20)24-14-21(2)32-26(16-24)31(38-19-41(32)3)33-39-27-7-5-4-6-25(30(27)40-33)28-8-9-29(35)43-28/h4-6,8-9,12-16H,7,10-11,17-19H2,1-3H3,(H,39,40). The lowest BCUT2D eigenvalue weighted by molar-refractivity contribution is 0.0115. The number of halogens is 3. The van der Waals surface area contributed by atoms with Crippen molar-refractivity contribution in [3.63, 3.8) is 0 Å². The maximum absolute atomic E-state index is 13.9. The Labute approximate surface area is 253 Å². The fourth-order valence-electron chi connectivity index (χ4n) is 6.47. The Hall–Kier alpha value is -3.95. The van der Waals surface area contributed by atoms with Gasteiger partial charge in [-0.25, -0.2) is 13.8 Å². The van der Waals surface area contributed by atoms with Crippen molar-refractivity contribution in [2.24, 2.45) is 4.99 Å². The summed E-state index contributed by atoms with van der Waals surface area (Å²) in [5, 5.41) is -0.226. The van der Waals surface area contributed by atoms with Crippen LogP contribution in [0.15, 0.2) is 65.7 Å². The SMILES string of the molecule is Cc1cc(CN2CCC(F)(F)C2)cc(-c2cc(C)c3c(c2)C(c2nc4c([nH]2)CC=CC=C4c2ccc(F)s2)=NCN3C)c1. The number of hydrogen-bond donors (Lipinski definition) is 1. The molecule has 1 fully saturated rings. The van der Waals surface area contributed by atoms with Crippen LogP contribution in [0.2, 0.25) is 0 Å². The maximum Gasteiger partial charge on any atom is 0.261 e. The second-order valence-corrected chi connectivity index (χ2v) is 12.8. The average Bonchev–Trinajstić information content (AvgIpc) is 3.63. The molecule has 220 valence electrons. The number of aryl methyl sites for hydroxylation is 2. The van der Waals surface area contributed by atoms with Crippen LogP contribution in [0.4, 0.5) is 18.9 Å². The van der Waals surface area contributed by atoms with E-state index in [-0.39, 0.29) is 18.1 Å². The van der Waals surface area contributed by atoms with Gasteiger partial charge in [0.1, 0.15) is 12.4 Å². The Balaban J connectivity index is 1.27. The molecular weight excluding hydrogens is 567 g/mol. The maximum atomic E-state index is 13.9.